The molecule has 3 aromatic rings. The molecule has 0 unspecified atom stereocenters. The molecule has 3 rings (SSSR count). The number of nitrogen functional groups attached to an aromatic ring is 1. The molecule has 25 heavy (non-hydrogen) atoms. The van der Waals surface area contributed by atoms with Crippen molar-refractivity contribution in [1.82, 2.24) is 19.5 Å². The van der Waals surface area contributed by atoms with Crippen molar-refractivity contribution in [2.75, 3.05) is 12.8 Å². The molecule has 0 atom stereocenters. The number of hydrogen-bond acceptors (Lipinski definition) is 6. The van der Waals surface area contributed by atoms with Crippen LogP contribution in [-0.4, -0.2) is 26.6 Å². The summed E-state index contributed by atoms with van der Waals surface area (Å²) in [5, 5.41) is 0.850. The number of imidazole rings is 1. The number of aromatic nitrogens is 4. The van der Waals surface area contributed by atoms with Crippen LogP contribution in [-0.2, 0) is 6.54 Å². The number of rotatable bonds is 7. The zero-order valence-corrected chi connectivity index (χ0v) is 15.2. The predicted octanol–water partition coefficient (Wildman–Crippen LogP) is 3.84. The fourth-order valence-electron chi connectivity index (χ4n) is 2.52. The van der Waals surface area contributed by atoms with Gasteiger partial charge < -0.3 is 15.0 Å². The van der Waals surface area contributed by atoms with Gasteiger partial charge in [-0.3, -0.25) is 0 Å². The van der Waals surface area contributed by atoms with Crippen molar-refractivity contribution in [2.24, 2.45) is 0 Å². The van der Waals surface area contributed by atoms with Crippen LogP contribution in [0.25, 0.3) is 11.2 Å². The van der Waals surface area contributed by atoms with Gasteiger partial charge in [0.25, 0.3) is 0 Å². The third-order valence-electron chi connectivity index (χ3n) is 3.91. The van der Waals surface area contributed by atoms with Crippen LogP contribution >= 0.6 is 11.8 Å². The lowest BCUT2D eigenvalue weighted by atomic mass is 10.2. The second kappa shape index (κ2) is 7.57. The highest BCUT2D eigenvalue weighted by Crippen LogP contribution is 2.34. The molecule has 0 saturated heterocycles. The average Bonchev–Trinajstić information content (AvgIpc) is 2.96. The van der Waals surface area contributed by atoms with Crippen LogP contribution < -0.4 is 10.5 Å². The number of hydrogen-bond donors (Lipinski definition) is 1. The Kier molecular flexibility index (Phi) is 5.23. The lowest BCUT2D eigenvalue weighted by Gasteiger charge is -2.10. The van der Waals surface area contributed by atoms with Gasteiger partial charge in [-0.15, -0.1) is 6.58 Å². The summed E-state index contributed by atoms with van der Waals surface area (Å²) < 4.78 is 7.44. The molecule has 2 aromatic heterocycles. The predicted molar refractivity (Wildman–Crippen MR) is 101 cm³/mol. The number of benzene rings is 1. The zero-order chi connectivity index (χ0) is 17.8. The van der Waals surface area contributed by atoms with Crippen molar-refractivity contribution in [1.29, 1.82) is 0 Å². The van der Waals surface area contributed by atoms with Gasteiger partial charge in [-0.2, -0.15) is 0 Å². The minimum Gasteiger partial charge on any atom is -0.497 e. The second-order valence-electron chi connectivity index (χ2n) is 5.64. The molecule has 0 saturated carbocycles. The molecule has 7 heteroatoms. The molecule has 0 aliphatic rings. The van der Waals surface area contributed by atoms with E-state index in [-0.39, 0.29) is 0 Å². The molecule has 2 N–H and O–H groups in total. The van der Waals surface area contributed by atoms with Crippen LogP contribution in [0.1, 0.15) is 18.4 Å². The van der Waals surface area contributed by atoms with Gasteiger partial charge in [0.2, 0.25) is 0 Å². The first-order valence-corrected chi connectivity index (χ1v) is 8.85. The summed E-state index contributed by atoms with van der Waals surface area (Å²) in [7, 11) is 1.67. The van der Waals surface area contributed by atoms with Crippen LogP contribution in [0.3, 0.4) is 0 Å². The largest absolute Gasteiger partial charge is 0.497 e. The van der Waals surface area contributed by atoms with Crippen molar-refractivity contribution >= 4 is 28.7 Å². The number of fused-ring (bicyclic) bond motifs is 1. The average molecular weight is 355 g/mol. The van der Waals surface area contributed by atoms with Gasteiger partial charge in [-0.1, -0.05) is 23.9 Å². The molecule has 0 amide bonds. The second-order valence-corrected chi connectivity index (χ2v) is 6.65. The molecule has 0 spiro atoms. The summed E-state index contributed by atoms with van der Waals surface area (Å²) >= 11 is 1.59. The van der Waals surface area contributed by atoms with Crippen LogP contribution in [0.2, 0.25) is 0 Å². The van der Waals surface area contributed by atoms with E-state index in [0.717, 1.165) is 46.4 Å². The van der Waals surface area contributed by atoms with Crippen LogP contribution in [0, 0.1) is 6.92 Å². The number of methoxy groups -OCH3 is 1. The maximum Gasteiger partial charge on any atom is 0.175 e. The van der Waals surface area contributed by atoms with E-state index in [1.54, 1.807) is 18.9 Å². The molecule has 0 radical (unpaired) electrons. The molecule has 0 aliphatic carbocycles. The molecular weight excluding hydrogens is 334 g/mol. The maximum atomic E-state index is 5.99. The minimum atomic E-state index is 0.400. The number of anilines is 1. The van der Waals surface area contributed by atoms with Gasteiger partial charge in [0.1, 0.15) is 12.1 Å². The first-order valence-electron chi connectivity index (χ1n) is 8.04. The summed E-state index contributed by atoms with van der Waals surface area (Å²) in [6.45, 7) is 6.65. The first kappa shape index (κ1) is 17.3. The fourth-order valence-corrected chi connectivity index (χ4v) is 3.55. The van der Waals surface area contributed by atoms with Gasteiger partial charge in [-0.25, -0.2) is 15.0 Å². The van der Waals surface area contributed by atoms with Crippen LogP contribution in [0.4, 0.5) is 5.82 Å². The Morgan fingerprint density at radius 3 is 2.96 bits per heavy atom. The van der Waals surface area contributed by atoms with Gasteiger partial charge in [0, 0.05) is 11.4 Å². The molecule has 0 fully saturated rings. The molecule has 130 valence electrons. The number of aryl methyl sites for hydroxylation is 2. The molecule has 2 heterocycles. The van der Waals surface area contributed by atoms with E-state index in [1.165, 1.54) is 6.33 Å². The lowest BCUT2D eigenvalue weighted by Crippen LogP contribution is -2.02. The van der Waals surface area contributed by atoms with Crippen molar-refractivity contribution in [2.45, 2.75) is 36.4 Å². The summed E-state index contributed by atoms with van der Waals surface area (Å²) in [6.07, 6.45) is 5.29. The van der Waals surface area contributed by atoms with E-state index in [1.807, 2.05) is 24.3 Å². The smallest absolute Gasteiger partial charge is 0.175 e. The molecule has 0 bridgehead atoms. The number of allylic oxidation sites excluding steroid dienone is 1. The van der Waals surface area contributed by atoms with E-state index in [9.17, 15) is 0 Å². The van der Waals surface area contributed by atoms with Gasteiger partial charge in [0.15, 0.2) is 22.1 Å². The van der Waals surface area contributed by atoms with Crippen molar-refractivity contribution in [3.63, 3.8) is 0 Å². The highest BCUT2D eigenvalue weighted by Gasteiger charge is 2.16. The molecule has 1 aromatic carbocycles. The highest BCUT2D eigenvalue weighted by molar-refractivity contribution is 7.99. The lowest BCUT2D eigenvalue weighted by molar-refractivity contribution is 0.413. The Morgan fingerprint density at radius 2 is 2.20 bits per heavy atom. The van der Waals surface area contributed by atoms with Crippen molar-refractivity contribution in [3.8, 4) is 5.75 Å². The number of unbranched alkanes of at least 4 members (excludes halogenated alkanes) is 1. The van der Waals surface area contributed by atoms with E-state index in [4.69, 9.17) is 15.5 Å². The van der Waals surface area contributed by atoms with E-state index < -0.39 is 0 Å². The Morgan fingerprint density at radius 1 is 1.36 bits per heavy atom. The Hall–Kier alpha value is -2.54. The molecular formula is C18H21N5OS. The SMILES string of the molecule is C=CCCCn1c(Sc2cc(OC)ccc2C)nc2c(N)ncnc21. The quantitative estimate of drug-likeness (QED) is 0.512. The summed E-state index contributed by atoms with van der Waals surface area (Å²) in [4.78, 5) is 14.2. The molecule has 6 nitrogen and oxygen atoms in total. The Labute approximate surface area is 151 Å². The summed E-state index contributed by atoms with van der Waals surface area (Å²) in [6, 6.07) is 6.01. The van der Waals surface area contributed by atoms with Crippen LogP contribution in [0.15, 0.2) is 47.2 Å². The fraction of sp³-hybridized carbons (Fsp3) is 0.278. The number of nitrogens with zero attached hydrogens (tertiary/aromatic N) is 4. The first-order chi connectivity index (χ1) is 12.1. The third kappa shape index (κ3) is 3.61. The topological polar surface area (TPSA) is 78.9 Å². The maximum absolute atomic E-state index is 5.99. The van der Waals surface area contributed by atoms with E-state index in [0.29, 0.717) is 11.3 Å². The minimum absolute atomic E-state index is 0.400. The standard InChI is InChI=1S/C18H21N5OS/c1-4-5-6-9-23-17-15(16(19)20-11-21-17)22-18(23)25-14-10-13(24-3)8-7-12(14)2/h4,7-8,10-11H,1,5-6,9H2,2-3H3,(H2,19,20,21). The highest BCUT2D eigenvalue weighted by atomic mass is 32.2. The van der Waals surface area contributed by atoms with Gasteiger partial charge in [0.05, 0.1) is 7.11 Å². The van der Waals surface area contributed by atoms with E-state index >= 15 is 0 Å². The monoisotopic (exact) mass is 355 g/mol. The summed E-state index contributed by atoms with van der Waals surface area (Å²) in [5.41, 5.74) is 8.56. The third-order valence-corrected chi connectivity index (χ3v) is 5.07. The van der Waals surface area contributed by atoms with Gasteiger partial charge in [-0.05, 0) is 37.5 Å². The Balaban J connectivity index is 2.03. The van der Waals surface area contributed by atoms with Crippen molar-refractivity contribution < 1.29 is 4.74 Å². The van der Waals surface area contributed by atoms with Crippen molar-refractivity contribution in [3.05, 3.63) is 42.7 Å². The van der Waals surface area contributed by atoms with Crippen LogP contribution in [0.5, 0.6) is 5.75 Å². The van der Waals surface area contributed by atoms with E-state index in [2.05, 4.69) is 28.0 Å². The summed E-state index contributed by atoms with van der Waals surface area (Å²) in [5.74, 6) is 1.22. The number of ether oxygens (including phenoxy) is 1. The zero-order valence-electron chi connectivity index (χ0n) is 14.4. The van der Waals surface area contributed by atoms with Gasteiger partial charge >= 0.3 is 0 Å². The normalized spacial score (nSPS) is 11.0. The Bertz CT molecular complexity index is 906. The number of nitrogens with two attached hydrogens (primary N) is 1. The molecule has 0 aliphatic heterocycles.